The normalized spacial score (nSPS) is 21.7. The highest BCUT2D eigenvalue weighted by Crippen LogP contribution is 2.47. The summed E-state index contributed by atoms with van der Waals surface area (Å²) in [5.74, 6) is -2.09. The number of carbonyl (C=O) groups excluding carboxylic acids is 3. The lowest BCUT2D eigenvalue weighted by atomic mass is 9.76. The van der Waals surface area contributed by atoms with E-state index in [0.29, 0.717) is 34.6 Å². The van der Waals surface area contributed by atoms with Gasteiger partial charge in [-0.2, -0.15) is 5.10 Å². The van der Waals surface area contributed by atoms with E-state index in [4.69, 9.17) is 27.9 Å². The molecule has 5 rings (SSSR count). The molecule has 4 atom stereocenters. The number of sulfonamides is 1. The lowest BCUT2D eigenvalue weighted by molar-refractivity contribution is -0.124. The molecule has 0 unspecified atom stereocenters. The Morgan fingerprint density at radius 1 is 1.04 bits per heavy atom. The first-order valence-corrected chi connectivity index (χ1v) is 18.2. The summed E-state index contributed by atoms with van der Waals surface area (Å²) >= 11 is 13.1. The van der Waals surface area contributed by atoms with Crippen molar-refractivity contribution in [3.05, 3.63) is 87.2 Å². The van der Waals surface area contributed by atoms with E-state index in [1.165, 1.54) is 0 Å². The fourth-order valence-corrected chi connectivity index (χ4v) is 7.80. The topological polar surface area (TPSA) is 140 Å². The number of hydrogen-bond acceptors (Lipinski definition) is 7. The zero-order valence-corrected chi connectivity index (χ0v) is 29.0. The predicted octanol–water partition coefficient (Wildman–Crippen LogP) is 5.10. The Bertz CT molecular complexity index is 1770. The second-order valence-electron chi connectivity index (χ2n) is 13.0. The number of hydrogen-bond donors (Lipinski definition) is 2. The molecule has 1 aliphatic heterocycles. The van der Waals surface area contributed by atoms with Crippen LogP contribution in [0.3, 0.4) is 0 Å². The van der Waals surface area contributed by atoms with Crippen molar-refractivity contribution in [3.8, 4) is 0 Å². The number of ether oxygens (including phenoxy) is 1. The van der Waals surface area contributed by atoms with Crippen LogP contribution in [0.2, 0.25) is 10.0 Å². The van der Waals surface area contributed by atoms with E-state index in [1.54, 1.807) is 85.1 Å². The number of halogens is 2. The Morgan fingerprint density at radius 2 is 1.77 bits per heavy atom. The molecule has 0 saturated heterocycles. The molecule has 3 aromatic rings. The number of esters is 1. The van der Waals surface area contributed by atoms with E-state index in [9.17, 15) is 22.8 Å². The van der Waals surface area contributed by atoms with Gasteiger partial charge in [0.1, 0.15) is 5.60 Å². The van der Waals surface area contributed by atoms with Gasteiger partial charge in [0.05, 0.1) is 24.8 Å². The molecule has 1 fully saturated rings. The average molecular weight is 705 g/mol. The summed E-state index contributed by atoms with van der Waals surface area (Å²) in [6, 6.07) is 11.5. The maximum absolute atomic E-state index is 14.4. The van der Waals surface area contributed by atoms with Crippen molar-refractivity contribution in [2.45, 2.75) is 82.6 Å². The molecule has 47 heavy (non-hydrogen) atoms. The van der Waals surface area contributed by atoms with Gasteiger partial charge < -0.3 is 15.0 Å². The predicted molar refractivity (Wildman–Crippen MR) is 179 cm³/mol. The Labute approximate surface area is 285 Å². The molecular weight excluding hydrogens is 665 g/mol. The van der Waals surface area contributed by atoms with Crippen molar-refractivity contribution >= 4 is 51.0 Å². The van der Waals surface area contributed by atoms with Crippen molar-refractivity contribution in [2.75, 3.05) is 12.8 Å². The second-order valence-corrected chi connectivity index (χ2v) is 15.6. The molecular formula is C33H39Cl2N5O6S. The fraction of sp³-hybridized carbons (Fsp3) is 0.455. The molecule has 1 aromatic heterocycles. The minimum atomic E-state index is -3.60. The molecule has 2 N–H and O–H groups in total. The van der Waals surface area contributed by atoms with Crippen molar-refractivity contribution in [1.82, 2.24) is 24.7 Å². The Kier molecular flexibility index (Phi) is 10.4. The summed E-state index contributed by atoms with van der Waals surface area (Å²) in [6.45, 7) is 5.76. The largest absolute Gasteiger partial charge is 0.455 e. The molecule has 0 spiro atoms. The van der Waals surface area contributed by atoms with E-state index in [1.807, 2.05) is 0 Å². The van der Waals surface area contributed by atoms with Gasteiger partial charge in [0.25, 0.3) is 5.91 Å². The first-order chi connectivity index (χ1) is 22.1. The van der Waals surface area contributed by atoms with Crippen molar-refractivity contribution in [2.24, 2.45) is 0 Å². The van der Waals surface area contributed by atoms with Gasteiger partial charge in [0.2, 0.25) is 15.9 Å². The maximum atomic E-state index is 14.4. The molecule has 2 amide bonds. The van der Waals surface area contributed by atoms with E-state index >= 15 is 0 Å². The van der Waals surface area contributed by atoms with Crippen LogP contribution in [0.25, 0.3) is 0 Å². The Morgan fingerprint density at radius 3 is 2.47 bits per heavy atom. The molecule has 2 heterocycles. The molecule has 1 aliphatic carbocycles. The summed E-state index contributed by atoms with van der Waals surface area (Å²) in [4.78, 5) is 42.8. The third-order valence-corrected chi connectivity index (χ3v) is 9.57. The number of nitrogens with one attached hydrogen (secondary N) is 2. The molecule has 0 bridgehead atoms. The smallest absolute Gasteiger partial charge is 0.359 e. The highest BCUT2D eigenvalue weighted by Gasteiger charge is 2.49. The summed E-state index contributed by atoms with van der Waals surface area (Å²) in [5.41, 5.74) is 0.923. The molecule has 2 aliphatic rings. The number of amides is 2. The minimum absolute atomic E-state index is 0.156. The van der Waals surface area contributed by atoms with Crippen LogP contribution in [0.4, 0.5) is 0 Å². The average Bonchev–Trinajstić information content (AvgIpc) is 3.45. The SMILES string of the molecule is CC(C)(C)OC(=O)c1ccn(CCNC(=O)[C@@H]2c3ccccc3C(=O)N([C@H]3CCCC[C@@H]3NS(C)(=O)=O)[C@H]2c2ccc(Cl)cc2Cl)n1. The number of nitrogens with zero attached hydrogens (tertiary/aromatic N) is 3. The third kappa shape index (κ3) is 8.17. The van der Waals surface area contributed by atoms with Gasteiger partial charge >= 0.3 is 5.97 Å². The Hall–Kier alpha value is -3.45. The minimum Gasteiger partial charge on any atom is -0.455 e. The number of rotatable bonds is 9. The van der Waals surface area contributed by atoms with Crippen LogP contribution in [0, 0.1) is 0 Å². The van der Waals surface area contributed by atoms with Gasteiger partial charge in [-0.15, -0.1) is 0 Å². The highest BCUT2D eigenvalue weighted by molar-refractivity contribution is 7.88. The van der Waals surface area contributed by atoms with Crippen LogP contribution < -0.4 is 10.0 Å². The fourth-order valence-electron chi connectivity index (χ4n) is 6.46. The summed E-state index contributed by atoms with van der Waals surface area (Å²) in [7, 11) is -3.60. The summed E-state index contributed by atoms with van der Waals surface area (Å²) < 4.78 is 34.5. The number of fused-ring (bicyclic) bond motifs is 1. The van der Waals surface area contributed by atoms with Crippen LogP contribution in [-0.2, 0) is 26.1 Å². The maximum Gasteiger partial charge on any atom is 0.359 e. The van der Waals surface area contributed by atoms with Crippen molar-refractivity contribution in [3.63, 3.8) is 0 Å². The molecule has 0 radical (unpaired) electrons. The van der Waals surface area contributed by atoms with E-state index in [-0.39, 0.29) is 35.6 Å². The van der Waals surface area contributed by atoms with Crippen LogP contribution >= 0.6 is 23.2 Å². The van der Waals surface area contributed by atoms with Crippen LogP contribution in [0.15, 0.2) is 54.7 Å². The lowest BCUT2D eigenvalue weighted by Gasteiger charge is -2.49. The summed E-state index contributed by atoms with van der Waals surface area (Å²) in [5, 5.41) is 7.98. The third-order valence-electron chi connectivity index (χ3n) is 8.28. The van der Waals surface area contributed by atoms with Gasteiger partial charge in [0.15, 0.2) is 5.69 Å². The van der Waals surface area contributed by atoms with Gasteiger partial charge in [-0.3, -0.25) is 14.3 Å². The molecule has 252 valence electrons. The number of carbonyl (C=O) groups is 3. The van der Waals surface area contributed by atoms with Gasteiger partial charge in [-0.05, 0) is 69.0 Å². The number of aromatic nitrogens is 2. The van der Waals surface area contributed by atoms with Crippen LogP contribution in [0.5, 0.6) is 0 Å². The van der Waals surface area contributed by atoms with Gasteiger partial charge in [0, 0.05) is 40.4 Å². The lowest BCUT2D eigenvalue weighted by Crippen LogP contribution is -2.59. The van der Waals surface area contributed by atoms with E-state index in [0.717, 1.165) is 19.1 Å². The first-order valence-electron chi connectivity index (χ1n) is 15.5. The number of benzene rings is 2. The molecule has 14 heteroatoms. The van der Waals surface area contributed by atoms with Crippen LogP contribution in [0.1, 0.15) is 90.4 Å². The first kappa shape index (κ1) is 34.9. The molecule has 11 nitrogen and oxygen atoms in total. The quantitative estimate of drug-likeness (QED) is 0.296. The van der Waals surface area contributed by atoms with Gasteiger partial charge in [-0.1, -0.05) is 60.3 Å². The Balaban J connectivity index is 1.49. The molecule has 2 aromatic carbocycles. The zero-order chi connectivity index (χ0) is 34.1. The highest BCUT2D eigenvalue weighted by atomic mass is 35.5. The van der Waals surface area contributed by atoms with Crippen molar-refractivity contribution < 1.29 is 27.5 Å². The summed E-state index contributed by atoms with van der Waals surface area (Å²) in [6.07, 6.45) is 5.39. The van der Waals surface area contributed by atoms with E-state index in [2.05, 4.69) is 15.1 Å². The zero-order valence-electron chi connectivity index (χ0n) is 26.7. The van der Waals surface area contributed by atoms with Gasteiger partial charge in [-0.25, -0.2) is 17.9 Å². The van der Waals surface area contributed by atoms with E-state index < -0.39 is 45.6 Å². The second kappa shape index (κ2) is 14.0. The molecule has 1 saturated carbocycles. The van der Waals surface area contributed by atoms with Crippen LogP contribution in [-0.4, -0.2) is 71.4 Å². The van der Waals surface area contributed by atoms with Crippen molar-refractivity contribution in [1.29, 1.82) is 0 Å². The monoisotopic (exact) mass is 703 g/mol. The standard InChI is InChI=1S/C33H39Cl2N5O6S/c1-33(2,3)46-32(43)26-15-17-39(37-26)18-16-36-30(41)28-21-9-5-6-10-22(21)31(42)40(29(28)23-14-13-20(34)19-24(23)35)27-12-8-7-11-25(27)38-47(4,44)45/h5-6,9-10,13-15,17,19,25,27-29,38H,7-8,11-12,16,18H2,1-4H3,(H,36,41)/t25-,27-,28+,29-/m0/s1.